The van der Waals surface area contributed by atoms with Crippen LogP contribution in [0.5, 0.6) is 5.88 Å². The Morgan fingerprint density at radius 1 is 1.03 bits per heavy atom. The van der Waals surface area contributed by atoms with Gasteiger partial charge in [-0.15, -0.1) is 0 Å². The van der Waals surface area contributed by atoms with Gasteiger partial charge in [0.25, 0.3) is 0 Å². The van der Waals surface area contributed by atoms with E-state index in [1.165, 1.54) is 0 Å². The topological polar surface area (TPSA) is 118 Å². The molecule has 4 rings (SSSR count). The number of nitrogen functional groups attached to an aromatic ring is 2. The number of aromatic nitrogens is 5. The first-order chi connectivity index (χ1) is 13.9. The van der Waals surface area contributed by atoms with Crippen LogP contribution in [-0.4, -0.2) is 30.6 Å². The van der Waals surface area contributed by atoms with Crippen molar-refractivity contribution >= 4 is 34.4 Å². The Morgan fingerprint density at radius 2 is 1.79 bits per heavy atom. The van der Waals surface area contributed by atoms with E-state index in [1.54, 1.807) is 30.3 Å². The van der Waals surface area contributed by atoms with Crippen LogP contribution in [0.1, 0.15) is 12.7 Å². The maximum absolute atomic E-state index is 5.93. The van der Waals surface area contributed by atoms with Gasteiger partial charge in [-0.2, -0.15) is 0 Å². The number of hydrogen-bond acceptors (Lipinski definition) is 7. The monoisotopic (exact) mass is 409 g/mol. The number of ether oxygens (including phenoxy) is 1. The second kappa shape index (κ2) is 7.56. The van der Waals surface area contributed by atoms with Crippen molar-refractivity contribution in [1.29, 1.82) is 0 Å². The lowest BCUT2D eigenvalue weighted by Crippen LogP contribution is -2.21. The molecule has 0 aliphatic carbocycles. The van der Waals surface area contributed by atoms with Gasteiger partial charge in [0.05, 0.1) is 12.2 Å². The zero-order valence-electron chi connectivity index (χ0n) is 16.0. The minimum atomic E-state index is -0.172. The first-order valence-corrected chi connectivity index (χ1v) is 9.43. The zero-order chi connectivity index (χ0) is 20.5. The number of anilines is 2. The van der Waals surface area contributed by atoms with Crippen molar-refractivity contribution in [3.63, 3.8) is 0 Å². The summed E-state index contributed by atoms with van der Waals surface area (Å²) in [5.74, 6) is 2.02. The van der Waals surface area contributed by atoms with Gasteiger partial charge in [0, 0.05) is 11.6 Å². The molecule has 4 N–H and O–H groups in total. The van der Waals surface area contributed by atoms with Gasteiger partial charge < -0.3 is 20.8 Å². The molecule has 0 saturated heterocycles. The number of fused-ring (bicyclic) bond motifs is 1. The third-order valence-corrected chi connectivity index (χ3v) is 4.61. The third kappa shape index (κ3) is 4.07. The van der Waals surface area contributed by atoms with Crippen LogP contribution >= 0.6 is 11.6 Å². The summed E-state index contributed by atoms with van der Waals surface area (Å²) in [6, 6.07) is 12.6. The molecule has 4 aromatic rings. The first-order valence-electron chi connectivity index (χ1n) is 9.05. The van der Waals surface area contributed by atoms with Crippen LogP contribution in [0.4, 0.5) is 11.6 Å². The van der Waals surface area contributed by atoms with Crippen molar-refractivity contribution in [3.8, 4) is 17.1 Å². The Kier molecular flexibility index (Phi) is 4.94. The SMILES string of the molecule is Cc1nc2ccc(-c3cc(N)nc(N)c3)nc2n1C[C@H](C)Oc1cccc(Cl)n1. The number of halogens is 1. The molecule has 0 saturated carbocycles. The number of hydrogen-bond donors (Lipinski definition) is 2. The van der Waals surface area contributed by atoms with Crippen molar-refractivity contribution in [3.05, 3.63) is 53.4 Å². The molecule has 0 unspecified atom stereocenters. The Hall–Kier alpha value is -3.39. The van der Waals surface area contributed by atoms with E-state index in [0.717, 1.165) is 28.2 Å². The predicted octanol–water partition coefficient (Wildman–Crippen LogP) is 3.48. The maximum Gasteiger partial charge on any atom is 0.214 e. The molecule has 0 spiro atoms. The fourth-order valence-electron chi connectivity index (χ4n) is 3.17. The summed E-state index contributed by atoms with van der Waals surface area (Å²) in [6.45, 7) is 4.45. The normalized spacial score (nSPS) is 12.2. The van der Waals surface area contributed by atoms with Crippen molar-refractivity contribution in [2.75, 3.05) is 11.5 Å². The highest BCUT2D eigenvalue weighted by Crippen LogP contribution is 2.24. The highest BCUT2D eigenvalue weighted by molar-refractivity contribution is 6.29. The average Bonchev–Trinajstić information content (AvgIpc) is 2.95. The molecule has 0 radical (unpaired) electrons. The molecule has 9 heteroatoms. The molecule has 0 aromatic carbocycles. The van der Waals surface area contributed by atoms with Crippen molar-refractivity contribution < 1.29 is 4.74 Å². The van der Waals surface area contributed by atoms with Gasteiger partial charge in [-0.25, -0.2) is 19.9 Å². The Labute approximate surface area is 172 Å². The largest absolute Gasteiger partial charge is 0.473 e. The van der Waals surface area contributed by atoms with Crippen LogP contribution in [0.2, 0.25) is 5.15 Å². The minimum Gasteiger partial charge on any atom is -0.473 e. The number of nitrogens with two attached hydrogens (primary N) is 2. The first kappa shape index (κ1) is 18.9. The molecule has 0 aliphatic heterocycles. The minimum absolute atomic E-state index is 0.172. The van der Waals surface area contributed by atoms with E-state index in [4.69, 9.17) is 32.8 Å². The van der Waals surface area contributed by atoms with Gasteiger partial charge in [0.15, 0.2) is 5.65 Å². The van der Waals surface area contributed by atoms with Gasteiger partial charge >= 0.3 is 0 Å². The van der Waals surface area contributed by atoms with Gasteiger partial charge in [-0.05, 0) is 44.2 Å². The molecular formula is C20H20ClN7O. The van der Waals surface area contributed by atoms with E-state index in [2.05, 4.69) is 15.0 Å². The molecule has 4 heterocycles. The van der Waals surface area contributed by atoms with E-state index in [9.17, 15) is 0 Å². The number of nitrogens with zero attached hydrogens (tertiary/aromatic N) is 5. The van der Waals surface area contributed by atoms with Crippen LogP contribution in [0.25, 0.3) is 22.4 Å². The summed E-state index contributed by atoms with van der Waals surface area (Å²) in [5.41, 5.74) is 14.7. The second-order valence-corrected chi connectivity index (χ2v) is 7.13. The molecule has 0 fully saturated rings. The van der Waals surface area contributed by atoms with E-state index >= 15 is 0 Å². The summed E-state index contributed by atoms with van der Waals surface area (Å²) in [5, 5.41) is 0.390. The van der Waals surface area contributed by atoms with Crippen LogP contribution in [0.15, 0.2) is 42.5 Å². The summed E-state index contributed by atoms with van der Waals surface area (Å²) in [6.07, 6.45) is -0.172. The lowest BCUT2D eigenvalue weighted by Gasteiger charge is -2.16. The number of pyridine rings is 3. The van der Waals surface area contributed by atoms with Crippen LogP contribution < -0.4 is 16.2 Å². The van der Waals surface area contributed by atoms with Crippen molar-refractivity contribution in [1.82, 2.24) is 24.5 Å². The summed E-state index contributed by atoms with van der Waals surface area (Å²) in [4.78, 5) is 17.6. The lowest BCUT2D eigenvalue weighted by molar-refractivity contribution is 0.192. The number of rotatable bonds is 5. The van der Waals surface area contributed by atoms with Gasteiger partial charge in [-0.1, -0.05) is 17.7 Å². The molecule has 0 amide bonds. The fraction of sp³-hybridized carbons (Fsp3) is 0.200. The zero-order valence-corrected chi connectivity index (χ0v) is 16.8. The quantitative estimate of drug-likeness (QED) is 0.484. The van der Waals surface area contributed by atoms with Crippen molar-refractivity contribution in [2.24, 2.45) is 0 Å². The van der Waals surface area contributed by atoms with E-state index in [0.29, 0.717) is 29.2 Å². The molecule has 1 atom stereocenters. The fourth-order valence-corrected chi connectivity index (χ4v) is 3.33. The Bertz CT molecular complexity index is 1170. The third-order valence-electron chi connectivity index (χ3n) is 4.39. The molecule has 148 valence electrons. The van der Waals surface area contributed by atoms with E-state index in [1.807, 2.05) is 30.5 Å². The molecule has 29 heavy (non-hydrogen) atoms. The Morgan fingerprint density at radius 3 is 2.52 bits per heavy atom. The highest BCUT2D eigenvalue weighted by atomic mass is 35.5. The summed E-state index contributed by atoms with van der Waals surface area (Å²) >= 11 is 5.93. The van der Waals surface area contributed by atoms with Crippen LogP contribution in [0.3, 0.4) is 0 Å². The van der Waals surface area contributed by atoms with Crippen LogP contribution in [-0.2, 0) is 6.54 Å². The summed E-state index contributed by atoms with van der Waals surface area (Å²) in [7, 11) is 0. The molecule has 4 aromatic heterocycles. The maximum atomic E-state index is 5.93. The lowest BCUT2D eigenvalue weighted by atomic mass is 10.1. The highest BCUT2D eigenvalue weighted by Gasteiger charge is 2.15. The summed E-state index contributed by atoms with van der Waals surface area (Å²) < 4.78 is 7.92. The number of imidazole rings is 1. The van der Waals surface area contributed by atoms with Crippen LogP contribution in [0, 0.1) is 6.92 Å². The standard InChI is InChI=1S/C20H20ClN7O/c1-11(29-19-5-3-4-16(21)26-19)10-28-12(2)24-15-7-6-14(25-20(15)28)13-8-17(22)27-18(23)9-13/h3-9,11H,10H2,1-2H3,(H4,22,23,27)/t11-/m0/s1. The van der Waals surface area contributed by atoms with Gasteiger partial charge in [-0.3, -0.25) is 0 Å². The molecular weight excluding hydrogens is 390 g/mol. The predicted molar refractivity (Wildman–Crippen MR) is 114 cm³/mol. The van der Waals surface area contributed by atoms with E-state index < -0.39 is 0 Å². The van der Waals surface area contributed by atoms with Crippen molar-refractivity contribution in [2.45, 2.75) is 26.5 Å². The second-order valence-electron chi connectivity index (χ2n) is 6.74. The van der Waals surface area contributed by atoms with E-state index in [-0.39, 0.29) is 6.10 Å². The smallest absolute Gasteiger partial charge is 0.214 e. The van der Waals surface area contributed by atoms with Gasteiger partial charge in [0.1, 0.15) is 34.2 Å². The molecule has 8 nitrogen and oxygen atoms in total. The van der Waals surface area contributed by atoms with Gasteiger partial charge in [0.2, 0.25) is 5.88 Å². The Balaban J connectivity index is 1.66. The number of aryl methyl sites for hydroxylation is 1. The molecule has 0 aliphatic rings. The average molecular weight is 410 g/mol. The molecule has 0 bridgehead atoms.